The Morgan fingerprint density at radius 2 is 1.84 bits per heavy atom. The molecule has 0 aliphatic carbocycles. The third-order valence-electron chi connectivity index (χ3n) is 5.22. The van der Waals surface area contributed by atoms with Crippen molar-refractivity contribution < 1.29 is 19.1 Å². The molecule has 1 aromatic heterocycles. The average Bonchev–Trinajstić information content (AvgIpc) is 2.97. The van der Waals surface area contributed by atoms with Crippen LogP contribution in [0.25, 0.3) is 0 Å². The fourth-order valence-corrected chi connectivity index (χ4v) is 3.87. The summed E-state index contributed by atoms with van der Waals surface area (Å²) in [5.74, 6) is 0.606. The van der Waals surface area contributed by atoms with Gasteiger partial charge in [0.1, 0.15) is 0 Å². The topological polar surface area (TPSA) is 80.8 Å². The van der Waals surface area contributed by atoms with Crippen LogP contribution < -0.4 is 14.8 Å². The van der Waals surface area contributed by atoms with Gasteiger partial charge < -0.3 is 19.7 Å². The quantitative estimate of drug-likeness (QED) is 0.772. The van der Waals surface area contributed by atoms with E-state index in [9.17, 15) is 9.59 Å². The molecule has 7 nitrogen and oxygen atoms in total. The number of rotatable bonds is 6. The Bertz CT molecular complexity index is 1010. The fraction of sp³-hybridized carbons (Fsp3) is 0.375. The number of ether oxygens (including phenoxy) is 2. The summed E-state index contributed by atoms with van der Waals surface area (Å²) >= 11 is 0. The molecular formula is C24H29N3O4. The molecule has 1 aliphatic rings. The van der Waals surface area contributed by atoms with E-state index in [2.05, 4.69) is 10.3 Å². The number of aromatic nitrogens is 1. The van der Waals surface area contributed by atoms with Crippen molar-refractivity contribution in [2.75, 3.05) is 14.2 Å². The van der Waals surface area contributed by atoms with E-state index in [4.69, 9.17) is 9.47 Å². The van der Waals surface area contributed by atoms with Crippen LogP contribution in [0.4, 0.5) is 0 Å². The third-order valence-corrected chi connectivity index (χ3v) is 5.22. The zero-order valence-electron chi connectivity index (χ0n) is 18.9. The summed E-state index contributed by atoms with van der Waals surface area (Å²) in [5, 5.41) is 3.05. The molecule has 1 N–H and O–H groups in total. The van der Waals surface area contributed by atoms with E-state index < -0.39 is 11.1 Å². The van der Waals surface area contributed by atoms with E-state index in [1.54, 1.807) is 50.4 Å². The molecule has 0 saturated carbocycles. The molecule has 1 atom stereocenters. The first kappa shape index (κ1) is 22.3. The highest BCUT2D eigenvalue weighted by Gasteiger charge is 2.54. The SMILES string of the molecule is COc1ccc(CN2C(=O)C=C(C)C2(C(=O)NC(C)(C)C)c2ccccn2)cc1OC. The Kier molecular flexibility index (Phi) is 6.06. The number of nitrogens with zero attached hydrogens (tertiary/aromatic N) is 2. The molecule has 0 radical (unpaired) electrons. The highest BCUT2D eigenvalue weighted by atomic mass is 16.5. The smallest absolute Gasteiger partial charge is 0.257 e. The standard InChI is InChI=1S/C24H29N3O4/c1-16-13-21(28)27(15-17-10-11-18(30-5)19(14-17)31-6)24(16,20-9-7-8-12-25-20)22(29)26-23(2,3)4/h7-14H,15H2,1-6H3,(H,26,29). The normalized spacial score (nSPS) is 18.6. The Hall–Kier alpha value is -3.35. The molecular weight excluding hydrogens is 394 g/mol. The lowest BCUT2D eigenvalue weighted by Crippen LogP contribution is -2.59. The van der Waals surface area contributed by atoms with Crippen molar-refractivity contribution in [3.63, 3.8) is 0 Å². The molecule has 2 heterocycles. The first-order valence-electron chi connectivity index (χ1n) is 10.1. The Morgan fingerprint density at radius 1 is 1.13 bits per heavy atom. The molecule has 1 unspecified atom stereocenters. The zero-order valence-corrected chi connectivity index (χ0v) is 18.9. The van der Waals surface area contributed by atoms with Crippen molar-refractivity contribution in [1.29, 1.82) is 0 Å². The summed E-state index contributed by atoms with van der Waals surface area (Å²) in [4.78, 5) is 32.9. The first-order chi connectivity index (χ1) is 14.6. The minimum atomic E-state index is -1.35. The number of nitrogens with one attached hydrogen (secondary N) is 1. The number of hydrogen-bond donors (Lipinski definition) is 1. The van der Waals surface area contributed by atoms with Gasteiger partial charge in [-0.15, -0.1) is 0 Å². The molecule has 0 fully saturated rings. The number of hydrogen-bond acceptors (Lipinski definition) is 5. The molecule has 3 rings (SSSR count). The number of methoxy groups -OCH3 is 2. The lowest BCUT2D eigenvalue weighted by atomic mass is 9.85. The maximum atomic E-state index is 13.7. The van der Waals surface area contributed by atoms with E-state index in [-0.39, 0.29) is 18.4 Å². The van der Waals surface area contributed by atoms with E-state index >= 15 is 0 Å². The van der Waals surface area contributed by atoms with Crippen LogP contribution >= 0.6 is 0 Å². The number of carbonyl (C=O) groups is 2. The van der Waals surface area contributed by atoms with Gasteiger partial charge in [-0.1, -0.05) is 12.1 Å². The van der Waals surface area contributed by atoms with Crippen LogP contribution in [-0.4, -0.2) is 41.5 Å². The molecule has 1 aromatic carbocycles. The Labute approximate surface area is 183 Å². The molecule has 0 saturated heterocycles. The highest BCUT2D eigenvalue weighted by molar-refractivity contribution is 6.03. The molecule has 0 spiro atoms. The second-order valence-corrected chi connectivity index (χ2v) is 8.57. The lowest BCUT2D eigenvalue weighted by Gasteiger charge is -2.40. The Morgan fingerprint density at radius 3 is 2.42 bits per heavy atom. The lowest BCUT2D eigenvalue weighted by molar-refractivity contribution is -0.142. The summed E-state index contributed by atoms with van der Waals surface area (Å²) in [6.45, 7) is 7.72. The second-order valence-electron chi connectivity index (χ2n) is 8.57. The average molecular weight is 424 g/mol. The maximum absolute atomic E-state index is 13.7. The van der Waals surface area contributed by atoms with Crippen LogP contribution in [0.2, 0.25) is 0 Å². The second kappa shape index (κ2) is 8.41. The van der Waals surface area contributed by atoms with Gasteiger partial charge in [-0.2, -0.15) is 0 Å². The summed E-state index contributed by atoms with van der Waals surface area (Å²) in [6.07, 6.45) is 3.14. The first-order valence-corrected chi connectivity index (χ1v) is 10.1. The molecule has 0 bridgehead atoms. The van der Waals surface area contributed by atoms with Gasteiger partial charge in [0, 0.05) is 24.4 Å². The minimum Gasteiger partial charge on any atom is -0.493 e. The third kappa shape index (κ3) is 4.13. The van der Waals surface area contributed by atoms with Crippen molar-refractivity contribution in [3.05, 3.63) is 65.5 Å². The van der Waals surface area contributed by atoms with Crippen LogP contribution in [0, 0.1) is 0 Å². The van der Waals surface area contributed by atoms with Crippen molar-refractivity contribution in [2.45, 2.75) is 45.3 Å². The van der Waals surface area contributed by atoms with Crippen LogP contribution in [0.15, 0.2) is 54.2 Å². The number of amides is 2. The van der Waals surface area contributed by atoms with E-state index in [0.717, 1.165) is 5.56 Å². The predicted octanol–water partition coefficient (Wildman–Crippen LogP) is 3.20. The minimum absolute atomic E-state index is 0.196. The van der Waals surface area contributed by atoms with E-state index in [1.807, 2.05) is 39.0 Å². The molecule has 31 heavy (non-hydrogen) atoms. The van der Waals surface area contributed by atoms with E-state index in [1.165, 1.54) is 6.08 Å². The van der Waals surface area contributed by atoms with Gasteiger partial charge in [0.05, 0.1) is 19.9 Å². The summed E-state index contributed by atoms with van der Waals surface area (Å²) in [6, 6.07) is 10.8. The number of carbonyl (C=O) groups excluding carboxylic acids is 2. The van der Waals surface area contributed by atoms with Crippen LogP contribution in [0.1, 0.15) is 39.0 Å². The Balaban J connectivity index is 2.12. The highest BCUT2D eigenvalue weighted by Crippen LogP contribution is 2.42. The number of pyridine rings is 1. The molecule has 7 heteroatoms. The molecule has 2 aromatic rings. The summed E-state index contributed by atoms with van der Waals surface area (Å²) < 4.78 is 10.7. The maximum Gasteiger partial charge on any atom is 0.257 e. The van der Waals surface area contributed by atoms with Crippen molar-refractivity contribution in [2.24, 2.45) is 0 Å². The van der Waals surface area contributed by atoms with Crippen LogP contribution in [0.5, 0.6) is 11.5 Å². The monoisotopic (exact) mass is 423 g/mol. The zero-order chi connectivity index (χ0) is 22.8. The number of benzene rings is 1. The van der Waals surface area contributed by atoms with Gasteiger partial charge in [-0.25, -0.2) is 0 Å². The van der Waals surface area contributed by atoms with Crippen molar-refractivity contribution in [3.8, 4) is 11.5 Å². The van der Waals surface area contributed by atoms with Crippen LogP contribution in [-0.2, 0) is 21.7 Å². The van der Waals surface area contributed by atoms with Gasteiger partial charge in [-0.3, -0.25) is 14.6 Å². The van der Waals surface area contributed by atoms with Gasteiger partial charge >= 0.3 is 0 Å². The van der Waals surface area contributed by atoms with Gasteiger partial charge in [0.25, 0.3) is 5.91 Å². The molecule has 1 aliphatic heterocycles. The summed E-state index contributed by atoms with van der Waals surface area (Å²) in [7, 11) is 3.13. The van der Waals surface area contributed by atoms with E-state index in [0.29, 0.717) is 22.8 Å². The largest absolute Gasteiger partial charge is 0.493 e. The fourth-order valence-electron chi connectivity index (χ4n) is 3.87. The van der Waals surface area contributed by atoms with Crippen molar-refractivity contribution in [1.82, 2.24) is 15.2 Å². The van der Waals surface area contributed by atoms with Gasteiger partial charge in [0.2, 0.25) is 5.91 Å². The van der Waals surface area contributed by atoms with Crippen molar-refractivity contribution >= 4 is 11.8 Å². The van der Waals surface area contributed by atoms with Crippen LogP contribution in [0.3, 0.4) is 0 Å². The molecule has 2 amide bonds. The van der Waals surface area contributed by atoms with Gasteiger partial charge in [-0.05, 0) is 63.1 Å². The predicted molar refractivity (Wildman–Crippen MR) is 118 cm³/mol. The molecule has 164 valence electrons. The van der Waals surface area contributed by atoms with Gasteiger partial charge in [0.15, 0.2) is 17.0 Å². The summed E-state index contributed by atoms with van der Waals surface area (Å²) in [5.41, 5.74) is 0.0895.